The maximum Gasteiger partial charge on any atom is 0.251 e. The standard InChI is InChI=1S/C21H23N3O3/c1-26-16-7-9-19(27-2)15(11-16)13-22-21(25)14-6-8-18-17(12-14)23-20-5-3-4-10-24(18)20/h6-9,11-12H,3-5,10,13H2,1-2H3,(H,22,25). The Morgan fingerprint density at radius 2 is 2.04 bits per heavy atom. The molecule has 1 aliphatic heterocycles. The minimum atomic E-state index is -0.132. The number of fused-ring (bicyclic) bond motifs is 3. The second-order valence-corrected chi connectivity index (χ2v) is 6.70. The third-order valence-corrected chi connectivity index (χ3v) is 5.05. The number of carbonyl (C=O) groups excluding carboxylic acids is 1. The Morgan fingerprint density at radius 1 is 1.15 bits per heavy atom. The van der Waals surface area contributed by atoms with Crippen LogP contribution in [-0.4, -0.2) is 29.7 Å². The third kappa shape index (κ3) is 3.35. The molecule has 1 aromatic heterocycles. The van der Waals surface area contributed by atoms with Gasteiger partial charge in [-0.15, -0.1) is 0 Å². The summed E-state index contributed by atoms with van der Waals surface area (Å²) in [6, 6.07) is 11.3. The first-order chi connectivity index (χ1) is 13.2. The molecule has 0 bridgehead atoms. The molecule has 6 heteroatoms. The van der Waals surface area contributed by atoms with E-state index in [9.17, 15) is 4.79 Å². The second kappa shape index (κ2) is 7.31. The minimum absolute atomic E-state index is 0.132. The van der Waals surface area contributed by atoms with Gasteiger partial charge in [-0.05, 0) is 49.2 Å². The highest BCUT2D eigenvalue weighted by Gasteiger charge is 2.16. The van der Waals surface area contributed by atoms with E-state index in [1.807, 2.05) is 36.4 Å². The Hall–Kier alpha value is -3.02. The number of aromatic nitrogens is 2. The molecule has 27 heavy (non-hydrogen) atoms. The fraction of sp³-hybridized carbons (Fsp3) is 0.333. The monoisotopic (exact) mass is 365 g/mol. The maximum absolute atomic E-state index is 12.6. The van der Waals surface area contributed by atoms with Crippen molar-refractivity contribution >= 4 is 16.9 Å². The first kappa shape index (κ1) is 17.4. The molecule has 0 saturated carbocycles. The Morgan fingerprint density at radius 3 is 2.85 bits per heavy atom. The molecule has 0 radical (unpaired) electrons. The number of ether oxygens (including phenoxy) is 2. The number of hydrogen-bond donors (Lipinski definition) is 1. The van der Waals surface area contributed by atoms with E-state index in [-0.39, 0.29) is 5.91 Å². The van der Waals surface area contributed by atoms with Crippen molar-refractivity contribution in [1.29, 1.82) is 0 Å². The largest absolute Gasteiger partial charge is 0.497 e. The van der Waals surface area contributed by atoms with Gasteiger partial charge in [-0.1, -0.05) is 0 Å². The van der Waals surface area contributed by atoms with Crippen molar-refractivity contribution in [2.24, 2.45) is 0 Å². The van der Waals surface area contributed by atoms with E-state index in [2.05, 4.69) is 9.88 Å². The van der Waals surface area contributed by atoms with Crippen LogP contribution in [0.2, 0.25) is 0 Å². The fourth-order valence-electron chi connectivity index (χ4n) is 3.61. The third-order valence-electron chi connectivity index (χ3n) is 5.05. The second-order valence-electron chi connectivity index (χ2n) is 6.70. The highest BCUT2D eigenvalue weighted by molar-refractivity contribution is 5.97. The molecule has 1 amide bonds. The van der Waals surface area contributed by atoms with Crippen LogP contribution in [0, 0.1) is 0 Å². The number of nitrogens with one attached hydrogen (secondary N) is 1. The first-order valence-corrected chi connectivity index (χ1v) is 9.18. The van der Waals surface area contributed by atoms with Crippen molar-refractivity contribution in [3.8, 4) is 11.5 Å². The normalized spacial score (nSPS) is 13.3. The predicted molar refractivity (Wildman–Crippen MR) is 103 cm³/mol. The zero-order chi connectivity index (χ0) is 18.8. The van der Waals surface area contributed by atoms with Crippen molar-refractivity contribution in [2.75, 3.05) is 14.2 Å². The molecule has 6 nitrogen and oxygen atoms in total. The van der Waals surface area contributed by atoms with Crippen molar-refractivity contribution in [1.82, 2.24) is 14.9 Å². The number of hydrogen-bond acceptors (Lipinski definition) is 4. The van der Waals surface area contributed by atoms with Gasteiger partial charge in [-0.25, -0.2) is 4.98 Å². The van der Waals surface area contributed by atoms with E-state index >= 15 is 0 Å². The first-order valence-electron chi connectivity index (χ1n) is 9.18. The van der Waals surface area contributed by atoms with Gasteiger partial charge < -0.3 is 19.4 Å². The van der Waals surface area contributed by atoms with Gasteiger partial charge in [-0.3, -0.25) is 4.79 Å². The van der Waals surface area contributed by atoms with E-state index in [1.54, 1.807) is 14.2 Å². The van der Waals surface area contributed by atoms with E-state index in [0.717, 1.165) is 41.1 Å². The van der Waals surface area contributed by atoms with Gasteiger partial charge in [-0.2, -0.15) is 0 Å². The van der Waals surface area contributed by atoms with Crippen LogP contribution < -0.4 is 14.8 Å². The van der Waals surface area contributed by atoms with Crippen molar-refractivity contribution in [3.05, 3.63) is 53.3 Å². The molecule has 0 unspecified atom stereocenters. The number of imidazole rings is 1. The smallest absolute Gasteiger partial charge is 0.251 e. The van der Waals surface area contributed by atoms with Gasteiger partial charge >= 0.3 is 0 Å². The fourth-order valence-corrected chi connectivity index (χ4v) is 3.61. The lowest BCUT2D eigenvalue weighted by molar-refractivity contribution is 0.0950. The highest BCUT2D eigenvalue weighted by Crippen LogP contribution is 2.25. The zero-order valence-corrected chi connectivity index (χ0v) is 15.6. The summed E-state index contributed by atoms with van der Waals surface area (Å²) < 4.78 is 12.9. The summed E-state index contributed by atoms with van der Waals surface area (Å²) in [7, 11) is 3.23. The van der Waals surface area contributed by atoms with Gasteiger partial charge in [0.25, 0.3) is 5.91 Å². The molecule has 1 aliphatic rings. The molecule has 3 aromatic rings. The van der Waals surface area contributed by atoms with Crippen LogP contribution in [0.3, 0.4) is 0 Å². The molecular weight excluding hydrogens is 342 g/mol. The summed E-state index contributed by atoms with van der Waals surface area (Å²) >= 11 is 0. The SMILES string of the molecule is COc1ccc(OC)c(CNC(=O)c2ccc3c(c2)nc2n3CCCC2)c1. The van der Waals surface area contributed by atoms with Crippen LogP contribution in [0.5, 0.6) is 11.5 Å². The number of benzene rings is 2. The summed E-state index contributed by atoms with van der Waals surface area (Å²) in [6.07, 6.45) is 3.37. The average Bonchev–Trinajstić information content (AvgIpc) is 3.09. The molecule has 0 spiro atoms. The summed E-state index contributed by atoms with van der Waals surface area (Å²) in [5, 5.41) is 2.96. The number of nitrogens with zero attached hydrogens (tertiary/aromatic N) is 2. The minimum Gasteiger partial charge on any atom is -0.497 e. The Labute approximate surface area is 158 Å². The Balaban J connectivity index is 1.53. The molecule has 2 heterocycles. The van der Waals surface area contributed by atoms with Crippen LogP contribution in [0.25, 0.3) is 11.0 Å². The van der Waals surface area contributed by atoms with Gasteiger partial charge in [0.1, 0.15) is 17.3 Å². The summed E-state index contributed by atoms with van der Waals surface area (Å²) in [5.41, 5.74) is 3.47. The lowest BCUT2D eigenvalue weighted by Gasteiger charge is -2.14. The number of carbonyl (C=O) groups is 1. The van der Waals surface area contributed by atoms with Crippen LogP contribution >= 0.6 is 0 Å². The van der Waals surface area contributed by atoms with Crippen LogP contribution in [0.4, 0.5) is 0 Å². The van der Waals surface area contributed by atoms with E-state index in [4.69, 9.17) is 14.5 Å². The Kier molecular flexibility index (Phi) is 4.71. The molecule has 0 saturated heterocycles. The van der Waals surface area contributed by atoms with Crippen LogP contribution in [-0.2, 0) is 19.5 Å². The quantitative estimate of drug-likeness (QED) is 0.753. The van der Waals surface area contributed by atoms with Crippen molar-refractivity contribution < 1.29 is 14.3 Å². The zero-order valence-electron chi connectivity index (χ0n) is 15.6. The number of amides is 1. The van der Waals surface area contributed by atoms with E-state index < -0.39 is 0 Å². The summed E-state index contributed by atoms with van der Waals surface area (Å²) in [5.74, 6) is 2.43. The molecule has 1 N–H and O–H groups in total. The molecule has 140 valence electrons. The molecule has 2 aromatic carbocycles. The highest BCUT2D eigenvalue weighted by atomic mass is 16.5. The van der Waals surface area contributed by atoms with Crippen LogP contribution in [0.1, 0.15) is 34.6 Å². The van der Waals surface area contributed by atoms with E-state index in [0.29, 0.717) is 17.9 Å². The number of rotatable bonds is 5. The molecular formula is C21H23N3O3. The van der Waals surface area contributed by atoms with Gasteiger partial charge in [0.15, 0.2) is 0 Å². The molecule has 4 rings (SSSR count). The summed E-state index contributed by atoms with van der Waals surface area (Å²) in [6.45, 7) is 1.37. The van der Waals surface area contributed by atoms with E-state index in [1.165, 1.54) is 12.8 Å². The lowest BCUT2D eigenvalue weighted by Crippen LogP contribution is -2.23. The van der Waals surface area contributed by atoms with Gasteiger partial charge in [0.05, 0.1) is 25.3 Å². The lowest BCUT2D eigenvalue weighted by atomic mass is 10.1. The van der Waals surface area contributed by atoms with Gasteiger partial charge in [0.2, 0.25) is 0 Å². The predicted octanol–water partition coefficient (Wildman–Crippen LogP) is 3.32. The number of methoxy groups -OCH3 is 2. The van der Waals surface area contributed by atoms with Gasteiger partial charge in [0, 0.05) is 30.6 Å². The molecule has 0 atom stereocenters. The maximum atomic E-state index is 12.6. The average molecular weight is 365 g/mol. The number of aryl methyl sites for hydroxylation is 2. The van der Waals surface area contributed by atoms with Crippen LogP contribution in [0.15, 0.2) is 36.4 Å². The Bertz CT molecular complexity index is 994. The molecule has 0 fully saturated rings. The summed E-state index contributed by atoms with van der Waals surface area (Å²) in [4.78, 5) is 17.4. The van der Waals surface area contributed by atoms with Crippen molar-refractivity contribution in [2.45, 2.75) is 32.4 Å². The van der Waals surface area contributed by atoms with Crippen molar-refractivity contribution in [3.63, 3.8) is 0 Å². The molecule has 0 aliphatic carbocycles. The topological polar surface area (TPSA) is 65.4 Å².